The summed E-state index contributed by atoms with van der Waals surface area (Å²) in [6, 6.07) is 0. The molecule has 7 nitrogen and oxygen atoms in total. The van der Waals surface area contributed by atoms with E-state index in [4.69, 9.17) is 28.4 Å². The standard InChI is InChI=1S/C25H46O7/c1-11-22(5,6)18(26)27-12-23(7,8)19-28-14-25(15-29-19)16-30-20(31-17-25)24(9,10)13-32-21(2,3)4/h19-20H,11-17H2,1-10H3. The molecule has 0 saturated carbocycles. The second-order valence-electron chi connectivity index (χ2n) is 12.6. The Kier molecular flexibility index (Phi) is 8.48. The third-order valence-electron chi connectivity index (χ3n) is 6.33. The highest BCUT2D eigenvalue weighted by molar-refractivity contribution is 5.75. The lowest BCUT2D eigenvalue weighted by Gasteiger charge is -2.48. The summed E-state index contributed by atoms with van der Waals surface area (Å²) in [7, 11) is 0. The summed E-state index contributed by atoms with van der Waals surface area (Å²) in [5.74, 6) is -0.196. The summed E-state index contributed by atoms with van der Waals surface area (Å²) in [6.07, 6.45) is -0.0725. The van der Waals surface area contributed by atoms with Crippen molar-refractivity contribution in [2.24, 2.45) is 21.7 Å². The van der Waals surface area contributed by atoms with Gasteiger partial charge >= 0.3 is 5.97 Å². The molecule has 2 aliphatic heterocycles. The van der Waals surface area contributed by atoms with Gasteiger partial charge in [-0.25, -0.2) is 0 Å². The fourth-order valence-electron chi connectivity index (χ4n) is 3.39. The Balaban J connectivity index is 1.84. The molecule has 188 valence electrons. The predicted octanol–water partition coefficient (Wildman–Crippen LogP) is 4.57. The number of ether oxygens (including phenoxy) is 6. The molecule has 1 spiro atoms. The van der Waals surface area contributed by atoms with Gasteiger partial charge in [-0.05, 0) is 41.0 Å². The monoisotopic (exact) mass is 458 g/mol. The summed E-state index contributed by atoms with van der Waals surface area (Å²) in [4.78, 5) is 12.3. The second kappa shape index (κ2) is 9.87. The van der Waals surface area contributed by atoms with Crippen LogP contribution in [0.2, 0.25) is 0 Å². The Morgan fingerprint density at radius 2 is 1.19 bits per heavy atom. The Hall–Kier alpha value is -0.730. The average molecular weight is 459 g/mol. The van der Waals surface area contributed by atoms with E-state index < -0.39 is 17.1 Å². The van der Waals surface area contributed by atoms with Crippen LogP contribution in [0.15, 0.2) is 0 Å². The van der Waals surface area contributed by atoms with Crippen molar-refractivity contribution in [1.82, 2.24) is 0 Å². The molecule has 2 aliphatic rings. The van der Waals surface area contributed by atoms with E-state index in [9.17, 15) is 4.79 Å². The van der Waals surface area contributed by atoms with E-state index in [1.165, 1.54) is 0 Å². The number of hydrogen-bond acceptors (Lipinski definition) is 7. The first-order valence-electron chi connectivity index (χ1n) is 11.8. The normalized spacial score (nSPS) is 28.1. The summed E-state index contributed by atoms with van der Waals surface area (Å²) in [5, 5.41) is 0. The van der Waals surface area contributed by atoms with Gasteiger partial charge in [0.2, 0.25) is 0 Å². The van der Waals surface area contributed by atoms with Crippen LogP contribution >= 0.6 is 0 Å². The first-order valence-corrected chi connectivity index (χ1v) is 11.8. The van der Waals surface area contributed by atoms with Crippen LogP contribution in [0.4, 0.5) is 0 Å². The highest BCUT2D eigenvalue weighted by Gasteiger charge is 2.48. The molecule has 2 saturated heterocycles. The van der Waals surface area contributed by atoms with E-state index in [0.717, 1.165) is 6.42 Å². The fourth-order valence-corrected chi connectivity index (χ4v) is 3.39. The lowest BCUT2D eigenvalue weighted by atomic mass is 9.86. The molecule has 32 heavy (non-hydrogen) atoms. The van der Waals surface area contributed by atoms with E-state index in [0.29, 0.717) is 33.0 Å². The minimum atomic E-state index is -0.493. The van der Waals surface area contributed by atoms with Crippen molar-refractivity contribution < 1.29 is 33.2 Å². The molecule has 0 bridgehead atoms. The highest BCUT2D eigenvalue weighted by atomic mass is 16.7. The summed E-state index contributed by atoms with van der Waals surface area (Å²) >= 11 is 0. The van der Waals surface area contributed by atoms with E-state index in [1.54, 1.807) is 0 Å². The molecule has 7 heteroatoms. The van der Waals surface area contributed by atoms with Crippen LogP contribution in [-0.2, 0) is 33.2 Å². The minimum Gasteiger partial charge on any atom is -0.465 e. The zero-order chi connectivity index (χ0) is 24.4. The van der Waals surface area contributed by atoms with E-state index in [1.807, 2.05) is 55.4 Å². The largest absolute Gasteiger partial charge is 0.465 e. The lowest BCUT2D eigenvalue weighted by molar-refractivity contribution is -0.338. The van der Waals surface area contributed by atoms with Crippen molar-refractivity contribution in [3.8, 4) is 0 Å². The van der Waals surface area contributed by atoms with Crippen LogP contribution in [0.25, 0.3) is 0 Å². The summed E-state index contributed by atoms with van der Waals surface area (Å²) < 4.78 is 36.0. The molecule has 2 fully saturated rings. The topological polar surface area (TPSA) is 72.5 Å². The third-order valence-corrected chi connectivity index (χ3v) is 6.33. The van der Waals surface area contributed by atoms with Crippen LogP contribution in [0, 0.1) is 21.7 Å². The molecule has 0 aromatic heterocycles. The molecule has 0 aromatic rings. The number of esters is 1. The van der Waals surface area contributed by atoms with Gasteiger partial charge in [0.15, 0.2) is 12.6 Å². The Morgan fingerprint density at radius 1 is 0.781 bits per heavy atom. The van der Waals surface area contributed by atoms with Gasteiger partial charge in [0.25, 0.3) is 0 Å². The van der Waals surface area contributed by atoms with Crippen molar-refractivity contribution in [1.29, 1.82) is 0 Å². The average Bonchev–Trinajstić information content (AvgIpc) is 2.71. The fraction of sp³-hybridized carbons (Fsp3) is 0.960. The summed E-state index contributed by atoms with van der Waals surface area (Å²) in [5.41, 5.74) is -1.77. The molecular weight excluding hydrogens is 412 g/mol. The number of carbonyl (C=O) groups excluding carboxylic acids is 1. The maximum absolute atomic E-state index is 12.3. The smallest absolute Gasteiger partial charge is 0.311 e. The van der Waals surface area contributed by atoms with Crippen LogP contribution in [0.1, 0.15) is 75.7 Å². The number of rotatable bonds is 8. The van der Waals surface area contributed by atoms with Crippen molar-refractivity contribution in [2.75, 3.05) is 39.6 Å². The van der Waals surface area contributed by atoms with Crippen LogP contribution in [0.3, 0.4) is 0 Å². The van der Waals surface area contributed by atoms with Crippen molar-refractivity contribution in [2.45, 2.75) is 93.8 Å². The molecule has 0 radical (unpaired) electrons. The van der Waals surface area contributed by atoms with Crippen molar-refractivity contribution in [3.05, 3.63) is 0 Å². The quantitative estimate of drug-likeness (QED) is 0.494. The molecular formula is C25H46O7. The van der Waals surface area contributed by atoms with E-state index >= 15 is 0 Å². The summed E-state index contributed by atoms with van der Waals surface area (Å²) in [6.45, 7) is 22.8. The van der Waals surface area contributed by atoms with Gasteiger partial charge < -0.3 is 28.4 Å². The SMILES string of the molecule is CCC(C)(C)C(=O)OCC(C)(C)C1OCC2(CO1)COC(C(C)(C)COC(C)(C)C)OC2. The predicted molar refractivity (Wildman–Crippen MR) is 122 cm³/mol. The zero-order valence-electron chi connectivity index (χ0n) is 22.0. The van der Waals surface area contributed by atoms with Gasteiger partial charge in [0.05, 0.1) is 49.5 Å². The number of hydrogen-bond donors (Lipinski definition) is 0. The van der Waals surface area contributed by atoms with Gasteiger partial charge in [-0.3, -0.25) is 4.79 Å². The van der Waals surface area contributed by atoms with Gasteiger partial charge in [-0.1, -0.05) is 34.6 Å². The van der Waals surface area contributed by atoms with Gasteiger partial charge in [-0.2, -0.15) is 0 Å². The van der Waals surface area contributed by atoms with Crippen LogP contribution < -0.4 is 0 Å². The highest BCUT2D eigenvalue weighted by Crippen LogP contribution is 2.39. The first kappa shape index (κ1) is 27.5. The Bertz CT molecular complexity index is 615. The maximum Gasteiger partial charge on any atom is 0.311 e. The molecule has 0 unspecified atom stereocenters. The van der Waals surface area contributed by atoms with Crippen LogP contribution in [-0.4, -0.2) is 63.8 Å². The lowest BCUT2D eigenvalue weighted by Crippen LogP contribution is -2.57. The third kappa shape index (κ3) is 7.13. The minimum absolute atomic E-state index is 0.196. The zero-order valence-corrected chi connectivity index (χ0v) is 22.0. The van der Waals surface area contributed by atoms with Gasteiger partial charge in [-0.15, -0.1) is 0 Å². The number of carbonyl (C=O) groups is 1. The molecule has 0 N–H and O–H groups in total. The molecule has 2 heterocycles. The Labute approximate surface area is 194 Å². The maximum atomic E-state index is 12.3. The Morgan fingerprint density at radius 3 is 1.56 bits per heavy atom. The van der Waals surface area contributed by atoms with E-state index in [-0.39, 0.29) is 35.3 Å². The molecule has 0 aliphatic carbocycles. The van der Waals surface area contributed by atoms with E-state index in [2.05, 4.69) is 13.8 Å². The van der Waals surface area contributed by atoms with Crippen LogP contribution in [0.5, 0.6) is 0 Å². The molecule has 2 rings (SSSR count). The van der Waals surface area contributed by atoms with Gasteiger partial charge in [0, 0.05) is 10.8 Å². The first-order chi connectivity index (χ1) is 14.5. The molecule has 0 aromatic carbocycles. The van der Waals surface area contributed by atoms with Crippen molar-refractivity contribution in [3.63, 3.8) is 0 Å². The second-order valence-corrected chi connectivity index (χ2v) is 12.6. The van der Waals surface area contributed by atoms with Gasteiger partial charge in [0.1, 0.15) is 6.61 Å². The van der Waals surface area contributed by atoms with Crippen molar-refractivity contribution >= 4 is 5.97 Å². The molecule has 0 amide bonds. The molecule has 0 atom stereocenters.